The lowest BCUT2D eigenvalue weighted by Crippen LogP contribution is -2.52. The largest absolute Gasteiger partial charge is 0.497 e. The van der Waals surface area contributed by atoms with Gasteiger partial charge in [-0.05, 0) is 60.4 Å². The van der Waals surface area contributed by atoms with Gasteiger partial charge in [0, 0.05) is 39.3 Å². The Hall–Kier alpha value is -3.60. The number of hydrogen-bond acceptors (Lipinski definition) is 6. The quantitative estimate of drug-likeness (QED) is 0.339. The van der Waals surface area contributed by atoms with E-state index in [1.54, 1.807) is 19.2 Å². The molecule has 2 unspecified atom stereocenters. The number of nitrogens with one attached hydrogen (secondary N) is 1. The van der Waals surface area contributed by atoms with Crippen LogP contribution in [0, 0.1) is 13.8 Å². The van der Waals surface area contributed by atoms with Crippen molar-refractivity contribution in [1.29, 1.82) is 0 Å². The van der Waals surface area contributed by atoms with Gasteiger partial charge < -0.3 is 19.9 Å². The molecule has 1 aliphatic heterocycles. The Balaban J connectivity index is 1.39. The second-order valence-corrected chi connectivity index (χ2v) is 10.6. The maximum absolute atomic E-state index is 13.5. The average Bonchev–Trinajstić information content (AvgIpc) is 2.97. The van der Waals surface area contributed by atoms with Gasteiger partial charge in [-0.25, -0.2) is 0 Å². The van der Waals surface area contributed by atoms with Crippen LogP contribution in [0.15, 0.2) is 66.7 Å². The lowest BCUT2D eigenvalue weighted by Gasteiger charge is -2.39. The van der Waals surface area contributed by atoms with Crippen LogP contribution < -0.4 is 14.8 Å². The Morgan fingerprint density at radius 1 is 0.952 bits per heavy atom. The van der Waals surface area contributed by atoms with Crippen LogP contribution in [0.25, 0.3) is 0 Å². The lowest BCUT2D eigenvalue weighted by molar-refractivity contribution is -0.137. The number of alkyl halides is 3. The highest BCUT2D eigenvalue weighted by Gasteiger charge is 2.33. The molecule has 1 heterocycles. The van der Waals surface area contributed by atoms with Crippen molar-refractivity contribution in [2.75, 3.05) is 46.4 Å². The number of ether oxygens (including phenoxy) is 2. The van der Waals surface area contributed by atoms with Crippen molar-refractivity contribution in [1.82, 2.24) is 15.1 Å². The summed E-state index contributed by atoms with van der Waals surface area (Å²) in [4.78, 5) is 17.6. The minimum atomic E-state index is -4.46. The van der Waals surface area contributed by atoms with Crippen LogP contribution in [0.2, 0.25) is 0 Å². The molecule has 1 amide bonds. The predicted molar refractivity (Wildman–Crippen MR) is 154 cm³/mol. The highest BCUT2D eigenvalue weighted by atomic mass is 19.4. The molecule has 0 radical (unpaired) electrons. The number of β-amino-alcohol motifs (C(OH)–C–C–N with tert-alkyl or cyclic N) is 1. The molecular weight excluding hydrogens is 547 g/mol. The number of aliphatic hydroxyl groups is 1. The maximum Gasteiger partial charge on any atom is 0.416 e. The SMILES string of the molecule is COc1ccc(CNC(=O)C(c2ccc(C(F)(F)F)cc2)N2CCN(CC(O)COc3c(C)cccc3C)CC2)cc1. The number of carbonyl (C=O) groups excluding carboxylic acids is 1. The van der Waals surface area contributed by atoms with Gasteiger partial charge in [0.1, 0.15) is 30.3 Å². The van der Waals surface area contributed by atoms with Crippen LogP contribution in [0.4, 0.5) is 13.2 Å². The molecule has 226 valence electrons. The number of nitrogens with zero attached hydrogens (tertiary/aromatic N) is 2. The molecule has 1 saturated heterocycles. The number of aryl methyl sites for hydroxylation is 2. The van der Waals surface area contributed by atoms with Gasteiger partial charge in [-0.3, -0.25) is 14.6 Å². The molecule has 7 nitrogen and oxygen atoms in total. The topological polar surface area (TPSA) is 74.3 Å². The minimum Gasteiger partial charge on any atom is -0.497 e. The number of benzene rings is 3. The molecule has 1 fully saturated rings. The molecule has 0 aliphatic carbocycles. The molecule has 2 N–H and O–H groups in total. The van der Waals surface area contributed by atoms with Crippen molar-refractivity contribution in [3.05, 3.63) is 94.5 Å². The molecule has 0 aromatic heterocycles. The number of carbonyl (C=O) groups is 1. The smallest absolute Gasteiger partial charge is 0.416 e. The predicted octanol–water partition coefficient (Wildman–Crippen LogP) is 4.75. The van der Waals surface area contributed by atoms with Gasteiger partial charge >= 0.3 is 6.18 Å². The van der Waals surface area contributed by atoms with Gasteiger partial charge in [0.2, 0.25) is 5.91 Å². The summed E-state index contributed by atoms with van der Waals surface area (Å²) in [6.07, 6.45) is -5.16. The zero-order valence-electron chi connectivity index (χ0n) is 24.2. The van der Waals surface area contributed by atoms with Gasteiger partial charge in [0.25, 0.3) is 0 Å². The van der Waals surface area contributed by atoms with Crippen LogP contribution in [-0.4, -0.2) is 73.4 Å². The first-order valence-corrected chi connectivity index (χ1v) is 14.0. The summed E-state index contributed by atoms with van der Waals surface area (Å²) in [5.41, 5.74) is 2.62. The number of rotatable bonds is 11. The van der Waals surface area contributed by atoms with E-state index in [2.05, 4.69) is 10.2 Å². The Kier molecular flexibility index (Phi) is 10.5. The fraction of sp³-hybridized carbons (Fsp3) is 0.406. The summed E-state index contributed by atoms with van der Waals surface area (Å²) in [5.74, 6) is 1.19. The highest BCUT2D eigenvalue weighted by molar-refractivity contribution is 5.83. The van der Waals surface area contributed by atoms with E-state index in [-0.39, 0.29) is 19.1 Å². The molecule has 10 heteroatoms. The first kappa shape index (κ1) is 31.3. The third kappa shape index (κ3) is 8.24. The molecule has 1 aliphatic rings. The van der Waals surface area contributed by atoms with E-state index in [9.17, 15) is 23.1 Å². The summed E-state index contributed by atoms with van der Waals surface area (Å²) in [5, 5.41) is 13.6. The van der Waals surface area contributed by atoms with Crippen LogP contribution >= 0.6 is 0 Å². The van der Waals surface area contributed by atoms with Gasteiger partial charge in [0.05, 0.1) is 12.7 Å². The van der Waals surface area contributed by atoms with Gasteiger partial charge in [0.15, 0.2) is 0 Å². The van der Waals surface area contributed by atoms with Crippen molar-refractivity contribution in [3.63, 3.8) is 0 Å². The van der Waals surface area contributed by atoms with E-state index in [0.717, 1.165) is 34.6 Å². The summed E-state index contributed by atoms with van der Waals surface area (Å²) >= 11 is 0. The van der Waals surface area contributed by atoms with Crippen LogP contribution in [-0.2, 0) is 17.5 Å². The molecule has 0 bridgehead atoms. The summed E-state index contributed by atoms with van der Waals surface area (Å²) in [6, 6.07) is 17.2. The molecular formula is C32H38F3N3O4. The Morgan fingerprint density at radius 2 is 1.57 bits per heavy atom. The first-order valence-electron chi connectivity index (χ1n) is 14.0. The second-order valence-electron chi connectivity index (χ2n) is 10.6. The molecule has 0 saturated carbocycles. The number of hydrogen-bond donors (Lipinski definition) is 2. The number of methoxy groups -OCH3 is 1. The summed E-state index contributed by atoms with van der Waals surface area (Å²) in [7, 11) is 1.58. The van der Waals surface area contributed by atoms with Gasteiger partial charge in [-0.2, -0.15) is 13.2 Å². The van der Waals surface area contributed by atoms with Crippen molar-refractivity contribution >= 4 is 5.91 Å². The average molecular weight is 586 g/mol. The van der Waals surface area contributed by atoms with Gasteiger partial charge in [-0.15, -0.1) is 0 Å². The number of amides is 1. The monoisotopic (exact) mass is 585 g/mol. The van der Waals surface area contributed by atoms with Crippen molar-refractivity contribution in [3.8, 4) is 11.5 Å². The third-order valence-corrected chi connectivity index (χ3v) is 7.50. The van der Waals surface area contributed by atoms with Crippen molar-refractivity contribution < 1.29 is 32.5 Å². The lowest BCUT2D eigenvalue weighted by atomic mass is 10.0. The van der Waals surface area contributed by atoms with Crippen LogP contribution in [0.5, 0.6) is 11.5 Å². The van der Waals surface area contributed by atoms with Gasteiger partial charge in [-0.1, -0.05) is 42.5 Å². The molecule has 4 rings (SSSR count). The van der Waals surface area contributed by atoms with E-state index in [1.165, 1.54) is 12.1 Å². The van der Waals surface area contributed by atoms with Crippen molar-refractivity contribution in [2.45, 2.75) is 38.7 Å². The maximum atomic E-state index is 13.5. The highest BCUT2D eigenvalue weighted by Crippen LogP contribution is 2.31. The number of piperazine rings is 1. The standard InChI is InChI=1S/C32H38F3N3O4/c1-22-5-4-6-23(2)30(22)42-21-27(39)20-37-15-17-38(18-16-37)29(25-9-11-26(12-10-25)32(33,34)35)31(40)36-19-24-7-13-28(41-3)14-8-24/h4-14,27,29,39H,15-21H2,1-3H3,(H,36,40). The zero-order valence-corrected chi connectivity index (χ0v) is 24.2. The van der Waals surface area contributed by atoms with Crippen LogP contribution in [0.1, 0.15) is 33.9 Å². The summed E-state index contributed by atoms with van der Waals surface area (Å²) in [6.45, 7) is 6.96. The fourth-order valence-corrected chi connectivity index (χ4v) is 5.17. The van der Waals surface area contributed by atoms with Crippen molar-refractivity contribution in [2.24, 2.45) is 0 Å². The first-order chi connectivity index (χ1) is 20.0. The van der Waals surface area contributed by atoms with E-state index in [1.807, 2.05) is 49.1 Å². The van der Waals surface area contributed by atoms with E-state index < -0.39 is 23.9 Å². The zero-order chi connectivity index (χ0) is 30.3. The van der Waals surface area contributed by atoms with E-state index in [4.69, 9.17) is 9.47 Å². The molecule has 2 atom stereocenters. The normalized spacial score (nSPS) is 16.1. The number of aliphatic hydroxyl groups excluding tert-OH is 1. The summed E-state index contributed by atoms with van der Waals surface area (Å²) < 4.78 is 50.7. The molecule has 42 heavy (non-hydrogen) atoms. The Morgan fingerprint density at radius 3 is 2.14 bits per heavy atom. The number of para-hydroxylation sites is 1. The minimum absolute atomic E-state index is 0.161. The molecule has 3 aromatic carbocycles. The Labute approximate surface area is 244 Å². The Bertz CT molecular complexity index is 1290. The third-order valence-electron chi connectivity index (χ3n) is 7.50. The second kappa shape index (κ2) is 14.0. The fourth-order valence-electron chi connectivity index (χ4n) is 5.17. The number of halogens is 3. The molecule has 3 aromatic rings. The van der Waals surface area contributed by atoms with E-state index >= 15 is 0 Å². The van der Waals surface area contributed by atoms with E-state index in [0.29, 0.717) is 44.0 Å². The van der Waals surface area contributed by atoms with Crippen LogP contribution in [0.3, 0.4) is 0 Å². The molecule has 0 spiro atoms.